The maximum absolute atomic E-state index is 13.6. The number of amides is 1. The molecular formula is C20H24FN3O. The third-order valence-corrected chi connectivity index (χ3v) is 5.05. The van der Waals surface area contributed by atoms with Crippen molar-refractivity contribution in [1.82, 2.24) is 9.80 Å². The highest BCUT2D eigenvalue weighted by Crippen LogP contribution is 2.29. The molecule has 2 aromatic carbocycles. The Balaban J connectivity index is 1.67. The van der Waals surface area contributed by atoms with Gasteiger partial charge >= 0.3 is 0 Å². The Morgan fingerprint density at radius 2 is 1.68 bits per heavy atom. The number of nitrogen functional groups attached to an aromatic ring is 1. The van der Waals surface area contributed by atoms with Gasteiger partial charge in [-0.1, -0.05) is 12.1 Å². The molecule has 4 nitrogen and oxygen atoms in total. The van der Waals surface area contributed by atoms with E-state index in [0.717, 1.165) is 18.7 Å². The number of anilines is 1. The fraction of sp³-hybridized carbons (Fsp3) is 0.350. The maximum atomic E-state index is 13.6. The number of piperazine rings is 1. The van der Waals surface area contributed by atoms with Crippen molar-refractivity contribution in [3.8, 4) is 0 Å². The Morgan fingerprint density at radius 3 is 2.28 bits per heavy atom. The molecule has 0 unspecified atom stereocenters. The summed E-state index contributed by atoms with van der Waals surface area (Å²) in [7, 11) is 0. The van der Waals surface area contributed by atoms with Crippen molar-refractivity contribution < 1.29 is 9.18 Å². The lowest BCUT2D eigenvalue weighted by Gasteiger charge is -2.44. The lowest BCUT2D eigenvalue weighted by atomic mass is 9.91. The van der Waals surface area contributed by atoms with Crippen LogP contribution in [0, 0.1) is 5.82 Å². The van der Waals surface area contributed by atoms with Gasteiger partial charge in [0.1, 0.15) is 5.82 Å². The molecule has 2 N–H and O–H groups in total. The van der Waals surface area contributed by atoms with Crippen LogP contribution >= 0.6 is 0 Å². The lowest BCUT2D eigenvalue weighted by molar-refractivity contribution is 0.0391. The molecule has 0 radical (unpaired) electrons. The van der Waals surface area contributed by atoms with E-state index < -0.39 is 0 Å². The van der Waals surface area contributed by atoms with E-state index in [0.29, 0.717) is 24.3 Å². The summed E-state index contributed by atoms with van der Waals surface area (Å²) < 4.78 is 13.6. The molecule has 0 bridgehead atoms. The van der Waals surface area contributed by atoms with E-state index in [9.17, 15) is 9.18 Å². The van der Waals surface area contributed by atoms with Crippen LogP contribution in [-0.2, 0) is 5.54 Å². The molecule has 1 amide bonds. The van der Waals surface area contributed by atoms with Crippen molar-refractivity contribution in [2.24, 2.45) is 0 Å². The highest BCUT2D eigenvalue weighted by Gasteiger charge is 2.33. The zero-order chi connectivity index (χ0) is 18.0. The van der Waals surface area contributed by atoms with Crippen LogP contribution in [-0.4, -0.2) is 41.9 Å². The SMILES string of the molecule is CC(C)(c1cccc(F)c1)N1CCN(C(=O)c2ccc(N)cc2)CC1. The topological polar surface area (TPSA) is 49.6 Å². The first-order valence-corrected chi connectivity index (χ1v) is 8.54. The van der Waals surface area contributed by atoms with E-state index in [1.165, 1.54) is 6.07 Å². The molecule has 1 aliphatic heterocycles. The first-order chi connectivity index (χ1) is 11.9. The third kappa shape index (κ3) is 3.66. The number of nitrogens with two attached hydrogens (primary N) is 1. The molecule has 0 aromatic heterocycles. The van der Waals surface area contributed by atoms with Crippen LogP contribution in [0.15, 0.2) is 48.5 Å². The second-order valence-corrected chi connectivity index (χ2v) is 6.97. The highest BCUT2D eigenvalue weighted by atomic mass is 19.1. The summed E-state index contributed by atoms with van der Waals surface area (Å²) in [5.41, 5.74) is 7.66. The van der Waals surface area contributed by atoms with Crippen LogP contribution in [0.2, 0.25) is 0 Å². The van der Waals surface area contributed by atoms with Gasteiger partial charge in [0.25, 0.3) is 5.91 Å². The zero-order valence-electron chi connectivity index (χ0n) is 14.7. The third-order valence-electron chi connectivity index (χ3n) is 5.05. The van der Waals surface area contributed by atoms with E-state index in [2.05, 4.69) is 18.7 Å². The van der Waals surface area contributed by atoms with Crippen molar-refractivity contribution in [1.29, 1.82) is 0 Å². The predicted molar refractivity (Wildman–Crippen MR) is 97.8 cm³/mol. The van der Waals surface area contributed by atoms with Crippen molar-refractivity contribution in [3.05, 3.63) is 65.5 Å². The number of benzene rings is 2. The Labute approximate surface area is 148 Å². The number of hydrogen-bond acceptors (Lipinski definition) is 3. The van der Waals surface area contributed by atoms with Gasteiger partial charge in [0.2, 0.25) is 0 Å². The van der Waals surface area contributed by atoms with Gasteiger partial charge in [-0.15, -0.1) is 0 Å². The van der Waals surface area contributed by atoms with E-state index in [1.54, 1.807) is 36.4 Å². The average molecular weight is 341 g/mol. The van der Waals surface area contributed by atoms with Crippen LogP contribution in [0.25, 0.3) is 0 Å². The number of halogens is 1. The molecule has 25 heavy (non-hydrogen) atoms. The lowest BCUT2D eigenvalue weighted by Crippen LogP contribution is -2.54. The minimum atomic E-state index is -0.279. The Kier molecular flexibility index (Phi) is 4.77. The summed E-state index contributed by atoms with van der Waals surface area (Å²) in [6.07, 6.45) is 0. The Morgan fingerprint density at radius 1 is 1.04 bits per heavy atom. The molecule has 0 spiro atoms. The summed E-state index contributed by atoms with van der Waals surface area (Å²) in [6, 6.07) is 13.8. The van der Waals surface area contributed by atoms with Crippen molar-refractivity contribution in [3.63, 3.8) is 0 Å². The monoisotopic (exact) mass is 341 g/mol. The van der Waals surface area contributed by atoms with Gasteiger partial charge < -0.3 is 10.6 Å². The average Bonchev–Trinajstić information content (AvgIpc) is 2.62. The molecule has 1 aliphatic rings. The molecule has 0 saturated carbocycles. The van der Waals surface area contributed by atoms with E-state index >= 15 is 0 Å². The van der Waals surface area contributed by atoms with Crippen LogP contribution < -0.4 is 5.73 Å². The van der Waals surface area contributed by atoms with Crippen LogP contribution in [0.4, 0.5) is 10.1 Å². The quantitative estimate of drug-likeness (QED) is 0.873. The predicted octanol–water partition coefficient (Wildman–Crippen LogP) is 3.10. The molecule has 5 heteroatoms. The number of carbonyl (C=O) groups is 1. The van der Waals surface area contributed by atoms with Gasteiger partial charge in [-0.2, -0.15) is 0 Å². The molecule has 1 fully saturated rings. The van der Waals surface area contributed by atoms with Crippen molar-refractivity contribution >= 4 is 11.6 Å². The fourth-order valence-electron chi connectivity index (χ4n) is 3.33. The number of rotatable bonds is 3. The van der Waals surface area contributed by atoms with E-state index in [-0.39, 0.29) is 17.3 Å². The fourth-order valence-corrected chi connectivity index (χ4v) is 3.33. The van der Waals surface area contributed by atoms with E-state index in [4.69, 9.17) is 5.73 Å². The molecular weight excluding hydrogens is 317 g/mol. The second kappa shape index (κ2) is 6.84. The smallest absolute Gasteiger partial charge is 0.253 e. The Bertz CT molecular complexity index is 750. The molecule has 132 valence electrons. The number of carbonyl (C=O) groups excluding carboxylic acids is 1. The second-order valence-electron chi connectivity index (χ2n) is 6.97. The van der Waals surface area contributed by atoms with Gasteiger partial charge in [-0.3, -0.25) is 9.69 Å². The summed E-state index contributed by atoms with van der Waals surface area (Å²) in [6.45, 7) is 7.01. The van der Waals surface area contributed by atoms with E-state index in [1.807, 2.05) is 11.0 Å². The van der Waals surface area contributed by atoms with Crippen LogP contribution in [0.5, 0.6) is 0 Å². The van der Waals surface area contributed by atoms with Crippen molar-refractivity contribution in [2.45, 2.75) is 19.4 Å². The van der Waals surface area contributed by atoms with Crippen LogP contribution in [0.1, 0.15) is 29.8 Å². The van der Waals surface area contributed by atoms with Gasteiger partial charge in [0, 0.05) is 43.0 Å². The maximum Gasteiger partial charge on any atom is 0.253 e. The molecule has 0 atom stereocenters. The molecule has 3 rings (SSSR count). The Hall–Kier alpha value is -2.40. The number of hydrogen-bond donors (Lipinski definition) is 1. The molecule has 0 aliphatic carbocycles. The molecule has 1 heterocycles. The minimum Gasteiger partial charge on any atom is -0.399 e. The van der Waals surface area contributed by atoms with Crippen LogP contribution in [0.3, 0.4) is 0 Å². The normalized spacial score (nSPS) is 16.0. The zero-order valence-corrected chi connectivity index (χ0v) is 14.7. The minimum absolute atomic E-state index is 0.0308. The van der Waals surface area contributed by atoms with Crippen molar-refractivity contribution in [2.75, 3.05) is 31.9 Å². The summed E-state index contributed by atoms with van der Waals surface area (Å²) in [5.74, 6) is -0.189. The molecule has 2 aromatic rings. The van der Waals surface area contributed by atoms with Gasteiger partial charge in [-0.05, 0) is 55.8 Å². The summed E-state index contributed by atoms with van der Waals surface area (Å²) in [5, 5.41) is 0. The standard InChI is InChI=1S/C20H24FN3O/c1-20(2,16-4-3-5-17(21)14-16)24-12-10-23(11-13-24)19(25)15-6-8-18(22)9-7-15/h3-9,14H,10-13,22H2,1-2H3. The first-order valence-electron chi connectivity index (χ1n) is 8.54. The first kappa shape index (κ1) is 17.4. The van der Waals surface area contributed by atoms with Gasteiger partial charge in [0.05, 0.1) is 0 Å². The van der Waals surface area contributed by atoms with Gasteiger partial charge in [0.15, 0.2) is 0 Å². The summed E-state index contributed by atoms with van der Waals surface area (Å²) >= 11 is 0. The largest absolute Gasteiger partial charge is 0.399 e. The van der Waals surface area contributed by atoms with Gasteiger partial charge in [-0.25, -0.2) is 4.39 Å². The number of nitrogens with zero attached hydrogens (tertiary/aromatic N) is 2. The molecule has 1 saturated heterocycles. The highest BCUT2D eigenvalue weighted by molar-refractivity contribution is 5.94. The summed E-state index contributed by atoms with van der Waals surface area (Å²) in [4.78, 5) is 16.8.